The molecule has 0 aliphatic carbocycles. The average molecular weight is 381 g/mol. The van der Waals surface area contributed by atoms with Gasteiger partial charge in [-0.1, -0.05) is 24.3 Å². The van der Waals surface area contributed by atoms with Gasteiger partial charge in [0.05, 0.1) is 19.0 Å². The lowest BCUT2D eigenvalue weighted by Gasteiger charge is -2.34. The Labute approximate surface area is 153 Å². The van der Waals surface area contributed by atoms with Crippen molar-refractivity contribution in [1.82, 2.24) is 9.62 Å². The van der Waals surface area contributed by atoms with Gasteiger partial charge in [-0.2, -0.15) is 11.3 Å². The summed E-state index contributed by atoms with van der Waals surface area (Å²) in [6, 6.07) is 9.71. The molecule has 5 nitrogen and oxygen atoms in total. The SMILES string of the molecule is Cc1ccccc1CS(=O)(=O)NCC(c1ccsc1)N1CCOCC1. The van der Waals surface area contributed by atoms with Crippen LogP contribution < -0.4 is 4.72 Å². The molecular formula is C18H24N2O3S2. The Morgan fingerprint density at radius 3 is 2.68 bits per heavy atom. The first-order valence-corrected chi connectivity index (χ1v) is 11.0. The maximum absolute atomic E-state index is 12.6. The second-order valence-corrected chi connectivity index (χ2v) is 8.84. The van der Waals surface area contributed by atoms with Crippen molar-refractivity contribution >= 4 is 21.4 Å². The lowest BCUT2D eigenvalue weighted by Crippen LogP contribution is -2.43. The molecule has 25 heavy (non-hydrogen) atoms. The van der Waals surface area contributed by atoms with Crippen LogP contribution in [0.3, 0.4) is 0 Å². The highest BCUT2D eigenvalue weighted by Gasteiger charge is 2.25. The number of nitrogens with one attached hydrogen (secondary N) is 1. The second kappa shape index (κ2) is 8.42. The molecule has 0 radical (unpaired) electrons. The molecule has 1 N–H and O–H groups in total. The largest absolute Gasteiger partial charge is 0.379 e. The highest BCUT2D eigenvalue weighted by Crippen LogP contribution is 2.24. The predicted octanol–water partition coefficient (Wildman–Crippen LogP) is 2.55. The first-order chi connectivity index (χ1) is 12.1. The quantitative estimate of drug-likeness (QED) is 0.802. The first kappa shape index (κ1) is 18.5. The van der Waals surface area contributed by atoms with Crippen LogP contribution in [0.25, 0.3) is 0 Å². The van der Waals surface area contributed by atoms with Gasteiger partial charge in [0, 0.05) is 25.7 Å². The summed E-state index contributed by atoms with van der Waals surface area (Å²) in [5, 5.41) is 4.13. The first-order valence-electron chi connectivity index (χ1n) is 8.41. The van der Waals surface area contributed by atoms with Crippen molar-refractivity contribution in [2.75, 3.05) is 32.8 Å². The van der Waals surface area contributed by atoms with Gasteiger partial charge in [0.15, 0.2) is 0 Å². The highest BCUT2D eigenvalue weighted by molar-refractivity contribution is 7.88. The van der Waals surface area contributed by atoms with Gasteiger partial charge in [0.2, 0.25) is 10.0 Å². The fourth-order valence-electron chi connectivity index (χ4n) is 3.05. The minimum Gasteiger partial charge on any atom is -0.379 e. The Kier molecular flexibility index (Phi) is 6.24. The topological polar surface area (TPSA) is 58.6 Å². The Hall–Kier alpha value is -1.25. The second-order valence-electron chi connectivity index (χ2n) is 6.25. The Bertz CT molecular complexity index is 769. The summed E-state index contributed by atoms with van der Waals surface area (Å²) in [6.07, 6.45) is 0. The van der Waals surface area contributed by atoms with E-state index in [1.807, 2.05) is 36.6 Å². The lowest BCUT2D eigenvalue weighted by atomic mass is 10.1. The van der Waals surface area contributed by atoms with Crippen LogP contribution in [0.4, 0.5) is 0 Å². The molecule has 7 heteroatoms. The minimum absolute atomic E-state index is 0.0130. The van der Waals surface area contributed by atoms with Gasteiger partial charge in [-0.25, -0.2) is 13.1 Å². The molecule has 0 amide bonds. The van der Waals surface area contributed by atoms with Gasteiger partial charge in [-0.15, -0.1) is 0 Å². The molecule has 1 unspecified atom stereocenters. The number of rotatable bonds is 7. The van der Waals surface area contributed by atoms with Crippen molar-refractivity contribution < 1.29 is 13.2 Å². The van der Waals surface area contributed by atoms with E-state index in [4.69, 9.17) is 4.74 Å². The summed E-state index contributed by atoms with van der Waals surface area (Å²) in [5.41, 5.74) is 2.99. The van der Waals surface area contributed by atoms with Crippen LogP contribution in [-0.2, 0) is 20.5 Å². The van der Waals surface area contributed by atoms with Gasteiger partial charge >= 0.3 is 0 Å². The molecule has 1 aromatic heterocycles. The maximum Gasteiger partial charge on any atom is 0.215 e. The molecule has 1 aliphatic heterocycles. The lowest BCUT2D eigenvalue weighted by molar-refractivity contribution is 0.0173. The molecule has 2 heterocycles. The van der Waals surface area contributed by atoms with Crippen molar-refractivity contribution in [2.45, 2.75) is 18.7 Å². The van der Waals surface area contributed by atoms with Gasteiger partial charge in [0.1, 0.15) is 0 Å². The van der Waals surface area contributed by atoms with Crippen molar-refractivity contribution in [3.8, 4) is 0 Å². The van der Waals surface area contributed by atoms with Crippen LogP contribution in [0.15, 0.2) is 41.1 Å². The van der Waals surface area contributed by atoms with Crippen molar-refractivity contribution in [3.63, 3.8) is 0 Å². The van der Waals surface area contributed by atoms with Crippen molar-refractivity contribution in [3.05, 3.63) is 57.8 Å². The molecule has 1 saturated heterocycles. The van der Waals surface area contributed by atoms with Crippen LogP contribution in [0.1, 0.15) is 22.7 Å². The van der Waals surface area contributed by atoms with Crippen LogP contribution in [0.5, 0.6) is 0 Å². The van der Waals surface area contributed by atoms with Crippen molar-refractivity contribution in [2.24, 2.45) is 0 Å². The van der Waals surface area contributed by atoms with E-state index in [1.54, 1.807) is 11.3 Å². The summed E-state index contributed by atoms with van der Waals surface area (Å²) >= 11 is 1.63. The molecule has 136 valence electrons. The number of morpholine rings is 1. The monoisotopic (exact) mass is 380 g/mol. The smallest absolute Gasteiger partial charge is 0.215 e. The van der Waals surface area contributed by atoms with E-state index in [0.29, 0.717) is 19.8 Å². The molecular weight excluding hydrogens is 356 g/mol. The Morgan fingerprint density at radius 2 is 2.00 bits per heavy atom. The van der Waals surface area contributed by atoms with Gasteiger partial charge in [-0.05, 0) is 40.4 Å². The number of benzene rings is 1. The minimum atomic E-state index is -3.39. The van der Waals surface area contributed by atoms with E-state index < -0.39 is 10.0 Å². The fourth-order valence-corrected chi connectivity index (χ4v) is 5.00. The molecule has 1 atom stereocenters. The summed E-state index contributed by atoms with van der Waals surface area (Å²) in [5.74, 6) is 0.0130. The van der Waals surface area contributed by atoms with Crippen LogP contribution in [-0.4, -0.2) is 46.2 Å². The highest BCUT2D eigenvalue weighted by atomic mass is 32.2. The molecule has 1 aliphatic rings. The third-order valence-corrected chi connectivity index (χ3v) is 6.52. The van der Waals surface area contributed by atoms with Crippen molar-refractivity contribution in [1.29, 1.82) is 0 Å². The third kappa shape index (κ3) is 5.12. The number of hydrogen-bond donors (Lipinski definition) is 1. The summed E-state index contributed by atoms with van der Waals surface area (Å²) in [6.45, 7) is 5.34. The molecule has 1 fully saturated rings. The number of sulfonamides is 1. The number of ether oxygens (including phenoxy) is 1. The van der Waals surface area contributed by atoms with E-state index in [2.05, 4.69) is 21.1 Å². The molecule has 2 aromatic rings. The molecule has 0 saturated carbocycles. The summed E-state index contributed by atoms with van der Waals surface area (Å²) < 4.78 is 33.4. The maximum atomic E-state index is 12.6. The third-order valence-electron chi connectivity index (χ3n) is 4.52. The molecule has 1 aromatic carbocycles. The predicted molar refractivity (Wildman–Crippen MR) is 101 cm³/mol. The normalized spacial score (nSPS) is 17.5. The van der Waals surface area contributed by atoms with Crippen LogP contribution in [0.2, 0.25) is 0 Å². The van der Waals surface area contributed by atoms with Crippen LogP contribution in [0, 0.1) is 6.92 Å². The summed E-state index contributed by atoms with van der Waals surface area (Å²) in [7, 11) is -3.39. The molecule has 0 bridgehead atoms. The molecule has 0 spiro atoms. The van der Waals surface area contributed by atoms with E-state index in [9.17, 15) is 8.42 Å². The van der Waals surface area contributed by atoms with E-state index in [1.165, 1.54) is 0 Å². The zero-order valence-corrected chi connectivity index (χ0v) is 16.0. The fraction of sp³-hybridized carbons (Fsp3) is 0.444. The zero-order valence-electron chi connectivity index (χ0n) is 14.3. The van der Waals surface area contributed by atoms with E-state index in [-0.39, 0.29) is 11.8 Å². The van der Waals surface area contributed by atoms with Gasteiger partial charge in [-0.3, -0.25) is 4.90 Å². The number of hydrogen-bond acceptors (Lipinski definition) is 5. The Balaban J connectivity index is 1.68. The number of aryl methyl sites for hydroxylation is 1. The van der Waals surface area contributed by atoms with Gasteiger partial charge < -0.3 is 4.74 Å². The zero-order chi connectivity index (χ0) is 17.7. The van der Waals surface area contributed by atoms with E-state index in [0.717, 1.165) is 29.8 Å². The van der Waals surface area contributed by atoms with Crippen LogP contribution >= 0.6 is 11.3 Å². The average Bonchev–Trinajstić information content (AvgIpc) is 3.12. The standard InChI is InChI=1S/C18H24N2O3S2/c1-15-4-2-3-5-17(15)14-25(21,22)19-12-18(16-6-11-24-13-16)20-7-9-23-10-8-20/h2-6,11,13,18-19H,7-10,12,14H2,1H3. The number of thiophene rings is 1. The van der Waals surface area contributed by atoms with E-state index >= 15 is 0 Å². The number of nitrogens with zero attached hydrogens (tertiary/aromatic N) is 1. The molecule has 3 rings (SSSR count). The Morgan fingerprint density at radius 1 is 1.24 bits per heavy atom. The van der Waals surface area contributed by atoms with Gasteiger partial charge in [0.25, 0.3) is 0 Å². The summed E-state index contributed by atoms with van der Waals surface area (Å²) in [4.78, 5) is 2.29.